The quantitative estimate of drug-likeness (QED) is 0.210. The molecular formula is C29H52O. The summed E-state index contributed by atoms with van der Waals surface area (Å²) in [5.74, 6) is 0.532. The maximum Gasteiger partial charge on any atom is 0.119 e. The van der Waals surface area contributed by atoms with Crippen LogP contribution in [0.5, 0.6) is 5.75 Å². The predicted octanol–water partition coefficient (Wildman–Crippen LogP) is 10.1. The van der Waals surface area contributed by atoms with E-state index in [4.69, 9.17) is 0 Å². The van der Waals surface area contributed by atoms with Crippen LogP contribution in [0.4, 0.5) is 0 Å². The molecule has 0 amide bonds. The molecule has 1 aromatic carbocycles. The molecular weight excluding hydrogens is 364 g/mol. The maximum absolute atomic E-state index is 10.8. The van der Waals surface area contributed by atoms with Crippen molar-refractivity contribution in [3.05, 3.63) is 29.8 Å². The van der Waals surface area contributed by atoms with Gasteiger partial charge in [-0.2, -0.15) is 0 Å². The fourth-order valence-electron chi connectivity index (χ4n) is 5.08. The summed E-state index contributed by atoms with van der Waals surface area (Å²) in [6.07, 6.45) is 25.2. The van der Waals surface area contributed by atoms with Crippen molar-refractivity contribution in [3.8, 4) is 5.75 Å². The third kappa shape index (κ3) is 10.9. The third-order valence-electron chi connectivity index (χ3n) is 7.00. The summed E-state index contributed by atoms with van der Waals surface area (Å²) in [5.41, 5.74) is 1.41. The van der Waals surface area contributed by atoms with E-state index in [9.17, 15) is 5.11 Å². The molecule has 0 aliphatic carbocycles. The molecule has 0 atom stereocenters. The van der Waals surface area contributed by atoms with Gasteiger partial charge < -0.3 is 5.11 Å². The zero-order valence-corrected chi connectivity index (χ0v) is 20.7. The van der Waals surface area contributed by atoms with E-state index in [0.717, 1.165) is 0 Å². The lowest BCUT2D eigenvalue weighted by Crippen LogP contribution is -2.27. The van der Waals surface area contributed by atoms with E-state index in [0.29, 0.717) is 5.75 Å². The van der Waals surface area contributed by atoms with Gasteiger partial charge in [-0.25, -0.2) is 0 Å². The highest BCUT2D eigenvalue weighted by atomic mass is 16.3. The maximum atomic E-state index is 10.8. The van der Waals surface area contributed by atoms with E-state index in [1.807, 2.05) is 12.1 Å². The second kappa shape index (κ2) is 17.7. The van der Waals surface area contributed by atoms with E-state index < -0.39 is 0 Å². The number of unbranched alkanes of at least 4 members (excludes halogenated alkanes) is 13. The molecule has 174 valence electrons. The first-order valence-corrected chi connectivity index (χ1v) is 13.5. The van der Waals surface area contributed by atoms with Crippen LogP contribution < -0.4 is 0 Å². The van der Waals surface area contributed by atoms with Gasteiger partial charge in [0, 0.05) is 5.56 Å². The van der Waals surface area contributed by atoms with Crippen LogP contribution in [0, 0.1) is 0 Å². The Labute approximate surface area is 189 Å². The summed E-state index contributed by atoms with van der Waals surface area (Å²) in [5, 5.41) is 10.8. The number of phenols is 1. The Hall–Kier alpha value is -0.980. The van der Waals surface area contributed by atoms with Gasteiger partial charge in [-0.1, -0.05) is 142 Å². The summed E-state index contributed by atoms with van der Waals surface area (Å²) >= 11 is 0. The second-order valence-electron chi connectivity index (χ2n) is 9.64. The number of aromatic hydroxyl groups is 1. The van der Waals surface area contributed by atoms with E-state index in [1.54, 1.807) is 0 Å². The minimum absolute atomic E-state index is 0.175. The fourth-order valence-corrected chi connectivity index (χ4v) is 5.08. The molecule has 1 nitrogen and oxygen atoms in total. The average Bonchev–Trinajstić information content (AvgIpc) is 2.76. The first-order valence-electron chi connectivity index (χ1n) is 13.5. The van der Waals surface area contributed by atoms with Crippen molar-refractivity contribution < 1.29 is 5.11 Å². The first-order chi connectivity index (χ1) is 14.7. The van der Waals surface area contributed by atoms with Crippen LogP contribution in [-0.2, 0) is 5.41 Å². The SMILES string of the molecule is CCCCCCCCC(CCCCCC)(CCCCCCCC)c1ccccc1O. The number of rotatable bonds is 20. The lowest BCUT2D eigenvalue weighted by Gasteiger charge is -2.36. The molecule has 1 heteroatoms. The molecule has 0 bridgehead atoms. The van der Waals surface area contributed by atoms with E-state index in [2.05, 4.69) is 32.9 Å². The highest BCUT2D eigenvalue weighted by molar-refractivity contribution is 5.38. The van der Waals surface area contributed by atoms with Gasteiger partial charge >= 0.3 is 0 Å². The Morgan fingerprint density at radius 1 is 0.533 bits per heavy atom. The summed E-state index contributed by atoms with van der Waals surface area (Å²) < 4.78 is 0. The molecule has 0 saturated heterocycles. The van der Waals surface area contributed by atoms with Crippen molar-refractivity contribution in [1.82, 2.24) is 0 Å². The molecule has 30 heavy (non-hydrogen) atoms. The molecule has 1 rings (SSSR count). The summed E-state index contributed by atoms with van der Waals surface area (Å²) in [6.45, 7) is 6.88. The van der Waals surface area contributed by atoms with Crippen LogP contribution in [0.1, 0.15) is 148 Å². The monoisotopic (exact) mass is 416 g/mol. The largest absolute Gasteiger partial charge is 0.508 e. The van der Waals surface area contributed by atoms with Crippen molar-refractivity contribution in [3.63, 3.8) is 0 Å². The molecule has 0 radical (unpaired) electrons. The smallest absolute Gasteiger partial charge is 0.119 e. The van der Waals surface area contributed by atoms with E-state index in [-0.39, 0.29) is 5.41 Å². The van der Waals surface area contributed by atoms with Gasteiger partial charge in [0.2, 0.25) is 0 Å². The second-order valence-corrected chi connectivity index (χ2v) is 9.64. The normalized spacial score (nSPS) is 11.8. The molecule has 0 unspecified atom stereocenters. The third-order valence-corrected chi connectivity index (χ3v) is 7.00. The van der Waals surface area contributed by atoms with Crippen LogP contribution in [0.25, 0.3) is 0 Å². The van der Waals surface area contributed by atoms with Gasteiger partial charge in [0.05, 0.1) is 0 Å². The van der Waals surface area contributed by atoms with Crippen LogP contribution in [0.15, 0.2) is 24.3 Å². The summed E-state index contributed by atoms with van der Waals surface area (Å²) in [6, 6.07) is 8.26. The number of hydrogen-bond acceptors (Lipinski definition) is 1. The molecule has 0 heterocycles. The van der Waals surface area contributed by atoms with E-state index >= 15 is 0 Å². The Balaban J connectivity index is 2.83. The van der Waals surface area contributed by atoms with Crippen molar-refractivity contribution in [2.75, 3.05) is 0 Å². The standard InChI is InChI=1S/C29H52O/c1-4-7-10-13-15-20-25-29(24-19-12-9-6-3,26-21-16-14-11-8-5-2)27-22-17-18-23-28(27)30/h17-18,22-23,30H,4-16,19-21,24-26H2,1-3H3. The van der Waals surface area contributed by atoms with Gasteiger partial charge in [-0.15, -0.1) is 0 Å². The number of benzene rings is 1. The number of phenolic OH excluding ortho intramolecular Hbond substituents is 1. The minimum Gasteiger partial charge on any atom is -0.508 e. The lowest BCUT2D eigenvalue weighted by molar-refractivity contribution is 0.289. The van der Waals surface area contributed by atoms with Crippen LogP contribution in [0.2, 0.25) is 0 Å². The van der Waals surface area contributed by atoms with Crippen LogP contribution >= 0.6 is 0 Å². The van der Waals surface area contributed by atoms with Gasteiger partial charge in [-0.05, 0) is 30.7 Å². The zero-order valence-electron chi connectivity index (χ0n) is 20.7. The zero-order chi connectivity index (χ0) is 21.9. The van der Waals surface area contributed by atoms with Crippen molar-refractivity contribution in [2.24, 2.45) is 0 Å². The molecule has 0 fully saturated rings. The van der Waals surface area contributed by atoms with Crippen molar-refractivity contribution in [1.29, 1.82) is 0 Å². The fraction of sp³-hybridized carbons (Fsp3) is 0.793. The van der Waals surface area contributed by atoms with Gasteiger partial charge in [0.25, 0.3) is 0 Å². The molecule has 0 spiro atoms. The van der Waals surface area contributed by atoms with Crippen LogP contribution in [-0.4, -0.2) is 5.11 Å². The average molecular weight is 417 g/mol. The number of hydrogen-bond donors (Lipinski definition) is 1. The molecule has 0 aromatic heterocycles. The lowest BCUT2D eigenvalue weighted by atomic mass is 9.69. The Morgan fingerprint density at radius 2 is 0.900 bits per heavy atom. The van der Waals surface area contributed by atoms with Gasteiger partial charge in [-0.3, -0.25) is 0 Å². The van der Waals surface area contributed by atoms with Crippen molar-refractivity contribution in [2.45, 2.75) is 148 Å². The topological polar surface area (TPSA) is 20.2 Å². The van der Waals surface area contributed by atoms with Gasteiger partial charge in [0.1, 0.15) is 5.75 Å². The Kier molecular flexibility index (Phi) is 15.9. The summed E-state index contributed by atoms with van der Waals surface area (Å²) in [7, 11) is 0. The number of para-hydroxylation sites is 1. The Morgan fingerprint density at radius 3 is 1.33 bits per heavy atom. The summed E-state index contributed by atoms with van der Waals surface area (Å²) in [4.78, 5) is 0. The Bertz CT molecular complexity index is 491. The molecule has 0 aliphatic rings. The van der Waals surface area contributed by atoms with E-state index in [1.165, 1.54) is 128 Å². The molecule has 1 aromatic rings. The highest BCUT2D eigenvalue weighted by Crippen LogP contribution is 2.44. The van der Waals surface area contributed by atoms with Crippen LogP contribution in [0.3, 0.4) is 0 Å². The first kappa shape index (κ1) is 27.1. The van der Waals surface area contributed by atoms with Gasteiger partial charge in [0.15, 0.2) is 0 Å². The molecule has 0 aliphatic heterocycles. The molecule has 1 N–H and O–H groups in total. The minimum atomic E-state index is 0.175. The predicted molar refractivity (Wildman–Crippen MR) is 135 cm³/mol. The van der Waals surface area contributed by atoms with Crippen molar-refractivity contribution >= 4 is 0 Å². The molecule has 0 saturated carbocycles. The highest BCUT2D eigenvalue weighted by Gasteiger charge is 2.32.